The second-order valence-corrected chi connectivity index (χ2v) is 7.55. The topological polar surface area (TPSA) is 91.3 Å². The zero-order valence-electron chi connectivity index (χ0n) is 14.6. The number of amides is 2. The third-order valence-corrected chi connectivity index (χ3v) is 5.75. The lowest BCUT2D eigenvalue weighted by Gasteiger charge is -2.27. The Bertz CT molecular complexity index is 754. The van der Waals surface area contributed by atoms with Gasteiger partial charge in [-0.25, -0.2) is 9.78 Å². The van der Waals surface area contributed by atoms with Crippen LogP contribution in [0.3, 0.4) is 0 Å². The van der Waals surface area contributed by atoms with E-state index in [1.165, 1.54) is 11.3 Å². The number of nitrogens with one attached hydrogen (secondary N) is 2. The highest BCUT2D eigenvalue weighted by Gasteiger charge is 2.27. The van der Waals surface area contributed by atoms with Gasteiger partial charge in [-0.05, 0) is 32.6 Å². The number of hydrogen-bond donors (Lipinski definition) is 3. The Hall–Kier alpha value is -2.41. The summed E-state index contributed by atoms with van der Waals surface area (Å²) in [6.07, 6.45) is 2.63. The van der Waals surface area contributed by atoms with E-state index in [-0.39, 0.29) is 24.0 Å². The number of carboxylic acid groups (broad SMARTS) is 1. The summed E-state index contributed by atoms with van der Waals surface area (Å²) in [5.74, 6) is -1.01. The van der Waals surface area contributed by atoms with Crippen molar-refractivity contribution in [2.24, 2.45) is 5.92 Å². The van der Waals surface area contributed by atoms with Gasteiger partial charge in [-0.15, -0.1) is 11.3 Å². The number of urea groups is 1. The minimum Gasteiger partial charge on any atom is -0.481 e. The van der Waals surface area contributed by atoms with Gasteiger partial charge in [0.15, 0.2) is 0 Å². The maximum absolute atomic E-state index is 12.2. The van der Waals surface area contributed by atoms with Crippen LogP contribution in [0.4, 0.5) is 4.79 Å². The number of rotatable bonds is 5. The van der Waals surface area contributed by atoms with E-state index in [1.54, 1.807) is 0 Å². The fourth-order valence-corrected chi connectivity index (χ4v) is 4.03. The molecule has 1 aromatic carbocycles. The average Bonchev–Trinajstić information content (AvgIpc) is 3.13. The lowest BCUT2D eigenvalue weighted by molar-refractivity contribution is -0.142. The molecular formula is C19H23N3O3S. The Morgan fingerprint density at radius 3 is 2.54 bits per heavy atom. The standard InChI is InChI=1S/C19H23N3O3S/c1-12(17-22-16(11-26-17)13-5-3-2-4-6-13)20-19(25)21-15-9-7-14(8-10-15)18(23)24/h2-6,11-12,14-15H,7-10H2,1H3,(H,23,24)(H2,20,21,25). The summed E-state index contributed by atoms with van der Waals surface area (Å²) in [5.41, 5.74) is 1.97. The summed E-state index contributed by atoms with van der Waals surface area (Å²) >= 11 is 1.53. The molecule has 7 heteroatoms. The van der Waals surface area contributed by atoms with Crippen LogP contribution in [0.2, 0.25) is 0 Å². The molecule has 1 aromatic heterocycles. The summed E-state index contributed by atoms with van der Waals surface area (Å²) in [7, 11) is 0. The summed E-state index contributed by atoms with van der Waals surface area (Å²) in [5, 5.41) is 17.8. The van der Waals surface area contributed by atoms with Crippen molar-refractivity contribution in [1.82, 2.24) is 15.6 Å². The molecule has 1 unspecified atom stereocenters. The highest BCUT2D eigenvalue weighted by atomic mass is 32.1. The van der Waals surface area contributed by atoms with Gasteiger partial charge in [-0.2, -0.15) is 0 Å². The number of benzene rings is 1. The molecule has 1 saturated carbocycles. The van der Waals surface area contributed by atoms with Crippen LogP contribution < -0.4 is 10.6 Å². The number of carbonyl (C=O) groups excluding carboxylic acids is 1. The molecule has 0 saturated heterocycles. The highest BCUT2D eigenvalue weighted by molar-refractivity contribution is 7.10. The molecular weight excluding hydrogens is 350 g/mol. The monoisotopic (exact) mass is 373 g/mol. The molecule has 1 aliphatic rings. The quantitative estimate of drug-likeness (QED) is 0.743. The van der Waals surface area contributed by atoms with Crippen LogP contribution >= 0.6 is 11.3 Å². The van der Waals surface area contributed by atoms with E-state index in [4.69, 9.17) is 5.11 Å². The van der Waals surface area contributed by atoms with Crippen molar-refractivity contribution >= 4 is 23.3 Å². The third-order valence-electron chi connectivity index (χ3n) is 4.72. The molecule has 1 aliphatic carbocycles. The van der Waals surface area contributed by atoms with Gasteiger partial charge < -0.3 is 15.7 Å². The zero-order chi connectivity index (χ0) is 18.5. The Morgan fingerprint density at radius 1 is 1.19 bits per heavy atom. The van der Waals surface area contributed by atoms with Crippen LogP contribution in [0.5, 0.6) is 0 Å². The number of aliphatic carboxylic acids is 1. The maximum atomic E-state index is 12.2. The van der Waals surface area contributed by atoms with Crippen LogP contribution in [0.1, 0.15) is 43.7 Å². The van der Waals surface area contributed by atoms with E-state index in [2.05, 4.69) is 15.6 Å². The van der Waals surface area contributed by atoms with Gasteiger partial charge in [0.05, 0.1) is 17.7 Å². The number of hydrogen-bond acceptors (Lipinski definition) is 4. The first-order chi connectivity index (χ1) is 12.5. The second kappa shape index (κ2) is 8.31. The van der Waals surface area contributed by atoms with Crippen molar-refractivity contribution < 1.29 is 14.7 Å². The Labute approximate surface area is 156 Å². The van der Waals surface area contributed by atoms with Gasteiger partial charge >= 0.3 is 12.0 Å². The van der Waals surface area contributed by atoms with Crippen molar-refractivity contribution in [2.45, 2.75) is 44.7 Å². The molecule has 2 amide bonds. The number of nitrogens with zero attached hydrogens (tertiary/aromatic N) is 1. The van der Waals surface area contributed by atoms with E-state index in [0.717, 1.165) is 16.3 Å². The van der Waals surface area contributed by atoms with Gasteiger partial charge in [0.25, 0.3) is 0 Å². The van der Waals surface area contributed by atoms with E-state index < -0.39 is 5.97 Å². The molecule has 1 fully saturated rings. The summed E-state index contributed by atoms with van der Waals surface area (Å²) in [6.45, 7) is 1.91. The Morgan fingerprint density at radius 2 is 1.88 bits per heavy atom. The fraction of sp³-hybridized carbons (Fsp3) is 0.421. The SMILES string of the molecule is CC(NC(=O)NC1CCC(C(=O)O)CC1)c1nc(-c2ccccc2)cs1. The molecule has 3 N–H and O–H groups in total. The average molecular weight is 373 g/mol. The van der Waals surface area contributed by atoms with Crippen molar-refractivity contribution in [3.63, 3.8) is 0 Å². The summed E-state index contributed by atoms with van der Waals surface area (Å²) in [4.78, 5) is 27.8. The molecule has 1 atom stereocenters. The maximum Gasteiger partial charge on any atom is 0.315 e. The third kappa shape index (κ3) is 4.60. The molecule has 0 bridgehead atoms. The molecule has 0 radical (unpaired) electrons. The van der Waals surface area contributed by atoms with Gasteiger partial charge in [0, 0.05) is 17.0 Å². The van der Waals surface area contributed by atoms with Gasteiger partial charge in [-0.1, -0.05) is 30.3 Å². The number of aromatic nitrogens is 1. The van der Waals surface area contributed by atoms with Crippen LogP contribution in [0, 0.1) is 5.92 Å². The number of thiazole rings is 1. The van der Waals surface area contributed by atoms with E-state index in [0.29, 0.717) is 25.7 Å². The van der Waals surface area contributed by atoms with Crippen LogP contribution in [-0.2, 0) is 4.79 Å². The van der Waals surface area contributed by atoms with Crippen molar-refractivity contribution in [2.75, 3.05) is 0 Å². The first kappa shape index (κ1) is 18.4. The molecule has 0 spiro atoms. The smallest absolute Gasteiger partial charge is 0.315 e. The molecule has 26 heavy (non-hydrogen) atoms. The van der Waals surface area contributed by atoms with Gasteiger partial charge in [0.2, 0.25) is 0 Å². The largest absolute Gasteiger partial charge is 0.481 e. The molecule has 6 nitrogen and oxygen atoms in total. The van der Waals surface area contributed by atoms with Gasteiger partial charge in [0.1, 0.15) is 5.01 Å². The lowest BCUT2D eigenvalue weighted by Crippen LogP contribution is -2.44. The molecule has 0 aliphatic heterocycles. The Balaban J connectivity index is 1.50. The lowest BCUT2D eigenvalue weighted by atomic mass is 9.86. The number of carboxylic acids is 1. The second-order valence-electron chi connectivity index (χ2n) is 6.66. The highest BCUT2D eigenvalue weighted by Crippen LogP contribution is 2.26. The minimum absolute atomic E-state index is 0.0361. The van der Waals surface area contributed by atoms with Crippen molar-refractivity contribution in [1.29, 1.82) is 0 Å². The van der Waals surface area contributed by atoms with Crippen molar-refractivity contribution in [3.8, 4) is 11.3 Å². The van der Waals surface area contributed by atoms with Crippen LogP contribution in [-0.4, -0.2) is 28.1 Å². The van der Waals surface area contributed by atoms with Crippen molar-refractivity contribution in [3.05, 3.63) is 40.7 Å². The van der Waals surface area contributed by atoms with Crippen LogP contribution in [0.25, 0.3) is 11.3 Å². The predicted octanol–water partition coefficient (Wildman–Crippen LogP) is 3.81. The Kier molecular flexibility index (Phi) is 5.88. The van der Waals surface area contributed by atoms with E-state index >= 15 is 0 Å². The van der Waals surface area contributed by atoms with E-state index in [9.17, 15) is 9.59 Å². The number of carbonyl (C=O) groups is 2. The summed E-state index contributed by atoms with van der Waals surface area (Å²) < 4.78 is 0. The zero-order valence-corrected chi connectivity index (χ0v) is 15.5. The molecule has 3 rings (SSSR count). The molecule has 2 aromatic rings. The van der Waals surface area contributed by atoms with Gasteiger partial charge in [-0.3, -0.25) is 4.79 Å². The molecule has 1 heterocycles. The predicted molar refractivity (Wildman–Crippen MR) is 101 cm³/mol. The first-order valence-electron chi connectivity index (χ1n) is 8.83. The van der Waals surface area contributed by atoms with Crippen LogP contribution in [0.15, 0.2) is 35.7 Å². The normalized spacial score (nSPS) is 21.0. The molecule has 138 valence electrons. The fourth-order valence-electron chi connectivity index (χ4n) is 3.20. The summed E-state index contributed by atoms with van der Waals surface area (Å²) in [6, 6.07) is 9.56. The van der Waals surface area contributed by atoms with E-state index in [1.807, 2.05) is 42.6 Å². The minimum atomic E-state index is -0.737. The first-order valence-corrected chi connectivity index (χ1v) is 9.71.